The van der Waals surface area contributed by atoms with Crippen LogP contribution in [-0.4, -0.2) is 43.0 Å². The van der Waals surface area contributed by atoms with Crippen molar-refractivity contribution in [2.24, 2.45) is 5.73 Å². The van der Waals surface area contributed by atoms with E-state index in [9.17, 15) is 9.59 Å². The van der Waals surface area contributed by atoms with Gasteiger partial charge in [-0.2, -0.15) is 0 Å². The first-order valence-corrected chi connectivity index (χ1v) is 4.23. The summed E-state index contributed by atoms with van der Waals surface area (Å²) in [6, 6.07) is 0.0570. The lowest BCUT2D eigenvalue weighted by atomic mass is 10.3. The highest BCUT2D eigenvalue weighted by Crippen LogP contribution is 2.08. The third-order valence-electron chi connectivity index (χ3n) is 2.10. The number of carbonyl (C=O) groups excluding carboxylic acids is 2. The Kier molecular flexibility index (Phi) is 3.25. The van der Waals surface area contributed by atoms with Gasteiger partial charge in [0.05, 0.1) is 7.11 Å². The number of hydrogen-bond donors (Lipinski definition) is 1. The van der Waals surface area contributed by atoms with Crippen LogP contribution in [0.5, 0.6) is 0 Å². The Morgan fingerprint density at radius 2 is 2.31 bits per heavy atom. The van der Waals surface area contributed by atoms with Crippen LogP contribution >= 0.6 is 0 Å². The first kappa shape index (κ1) is 9.98. The number of rotatable bonds is 2. The zero-order valence-corrected chi connectivity index (χ0v) is 7.66. The minimum absolute atomic E-state index is 0.0570. The highest BCUT2D eigenvalue weighted by molar-refractivity contribution is 5.94. The van der Waals surface area contributed by atoms with Gasteiger partial charge in [0.1, 0.15) is 6.42 Å². The maximum atomic E-state index is 11.3. The standard InChI is InChI=1S/C8H14N2O3/c1-13-8(12)4-7(11)10-3-2-6(9)5-10/h6H,2-5,9H2,1H3. The molecular weight excluding hydrogens is 172 g/mol. The Bertz CT molecular complexity index is 217. The predicted octanol–water partition coefficient (Wildman–Crippen LogP) is -0.891. The van der Waals surface area contributed by atoms with Gasteiger partial charge in [-0.3, -0.25) is 9.59 Å². The lowest BCUT2D eigenvalue weighted by Crippen LogP contribution is -2.33. The van der Waals surface area contributed by atoms with Crippen LogP contribution in [0.15, 0.2) is 0 Å². The summed E-state index contributed by atoms with van der Waals surface area (Å²) in [5.41, 5.74) is 5.62. The highest BCUT2D eigenvalue weighted by atomic mass is 16.5. The zero-order valence-electron chi connectivity index (χ0n) is 7.66. The molecule has 5 heteroatoms. The molecule has 0 spiro atoms. The van der Waals surface area contributed by atoms with Crippen molar-refractivity contribution < 1.29 is 14.3 Å². The van der Waals surface area contributed by atoms with E-state index >= 15 is 0 Å². The molecule has 0 aromatic heterocycles. The van der Waals surface area contributed by atoms with Gasteiger partial charge in [-0.05, 0) is 6.42 Å². The second-order valence-electron chi connectivity index (χ2n) is 3.14. The van der Waals surface area contributed by atoms with Crippen molar-refractivity contribution in [1.82, 2.24) is 4.90 Å². The van der Waals surface area contributed by atoms with Crippen LogP contribution in [0.3, 0.4) is 0 Å². The average Bonchev–Trinajstić information content (AvgIpc) is 2.51. The molecule has 1 unspecified atom stereocenters. The SMILES string of the molecule is COC(=O)CC(=O)N1CCC(N)C1. The van der Waals surface area contributed by atoms with Gasteiger partial charge < -0.3 is 15.4 Å². The maximum Gasteiger partial charge on any atom is 0.315 e. The van der Waals surface area contributed by atoms with Crippen LogP contribution in [0.1, 0.15) is 12.8 Å². The normalized spacial score (nSPS) is 21.7. The topological polar surface area (TPSA) is 72.6 Å². The number of nitrogens with two attached hydrogens (primary N) is 1. The summed E-state index contributed by atoms with van der Waals surface area (Å²) in [5.74, 6) is -0.690. The van der Waals surface area contributed by atoms with E-state index in [0.29, 0.717) is 13.1 Å². The van der Waals surface area contributed by atoms with Crippen LogP contribution in [0.4, 0.5) is 0 Å². The summed E-state index contributed by atoms with van der Waals surface area (Å²) in [6.45, 7) is 1.20. The fourth-order valence-corrected chi connectivity index (χ4v) is 1.32. The number of nitrogens with zero attached hydrogens (tertiary/aromatic N) is 1. The second-order valence-corrected chi connectivity index (χ2v) is 3.14. The van der Waals surface area contributed by atoms with Crippen molar-refractivity contribution in [3.05, 3.63) is 0 Å². The Hall–Kier alpha value is -1.10. The monoisotopic (exact) mass is 186 g/mol. The van der Waals surface area contributed by atoms with E-state index in [1.54, 1.807) is 4.90 Å². The van der Waals surface area contributed by atoms with Gasteiger partial charge in [-0.15, -0.1) is 0 Å². The van der Waals surface area contributed by atoms with Crippen molar-refractivity contribution in [1.29, 1.82) is 0 Å². The zero-order chi connectivity index (χ0) is 9.84. The largest absolute Gasteiger partial charge is 0.469 e. The molecule has 2 N–H and O–H groups in total. The third kappa shape index (κ3) is 2.69. The van der Waals surface area contributed by atoms with Crippen molar-refractivity contribution in [2.75, 3.05) is 20.2 Å². The van der Waals surface area contributed by atoms with Crippen LogP contribution < -0.4 is 5.73 Å². The minimum atomic E-state index is -0.495. The molecule has 1 rings (SSSR count). The first-order chi connectivity index (χ1) is 6.13. The quantitative estimate of drug-likeness (QED) is 0.448. The lowest BCUT2D eigenvalue weighted by Gasteiger charge is -2.14. The second kappa shape index (κ2) is 4.23. The molecule has 1 amide bonds. The number of amides is 1. The molecule has 1 aliphatic rings. The summed E-state index contributed by atoms with van der Waals surface area (Å²) < 4.78 is 4.39. The van der Waals surface area contributed by atoms with E-state index in [2.05, 4.69) is 4.74 Å². The van der Waals surface area contributed by atoms with Crippen LogP contribution in [-0.2, 0) is 14.3 Å². The molecule has 1 fully saturated rings. The van der Waals surface area contributed by atoms with E-state index in [-0.39, 0.29) is 18.4 Å². The van der Waals surface area contributed by atoms with E-state index < -0.39 is 5.97 Å². The molecule has 0 bridgehead atoms. The number of hydrogen-bond acceptors (Lipinski definition) is 4. The Balaban J connectivity index is 2.36. The Labute approximate surface area is 76.8 Å². The fourth-order valence-electron chi connectivity index (χ4n) is 1.32. The molecule has 0 aromatic carbocycles. The van der Waals surface area contributed by atoms with Crippen LogP contribution in [0.25, 0.3) is 0 Å². The van der Waals surface area contributed by atoms with Gasteiger partial charge in [0.25, 0.3) is 0 Å². The first-order valence-electron chi connectivity index (χ1n) is 4.23. The molecule has 5 nitrogen and oxygen atoms in total. The molecule has 13 heavy (non-hydrogen) atoms. The number of ether oxygens (including phenoxy) is 1. The Morgan fingerprint density at radius 3 is 2.77 bits per heavy atom. The molecule has 1 aliphatic heterocycles. The summed E-state index contributed by atoms with van der Waals surface area (Å²) in [7, 11) is 1.27. The number of likely N-dealkylation sites (tertiary alicyclic amines) is 1. The molecule has 1 atom stereocenters. The third-order valence-corrected chi connectivity index (χ3v) is 2.10. The molecule has 0 aliphatic carbocycles. The van der Waals surface area contributed by atoms with Crippen molar-refractivity contribution in [2.45, 2.75) is 18.9 Å². The van der Waals surface area contributed by atoms with Crippen molar-refractivity contribution >= 4 is 11.9 Å². The summed E-state index contributed by atoms with van der Waals surface area (Å²) >= 11 is 0. The number of carbonyl (C=O) groups is 2. The summed E-state index contributed by atoms with van der Waals surface area (Å²) in [4.78, 5) is 23.7. The number of methoxy groups -OCH3 is 1. The van der Waals surface area contributed by atoms with Gasteiger partial charge in [0, 0.05) is 19.1 Å². The highest BCUT2D eigenvalue weighted by Gasteiger charge is 2.24. The van der Waals surface area contributed by atoms with E-state index in [1.807, 2.05) is 0 Å². The molecule has 1 saturated heterocycles. The predicted molar refractivity (Wildman–Crippen MR) is 45.8 cm³/mol. The summed E-state index contributed by atoms with van der Waals surface area (Å²) in [5, 5.41) is 0. The van der Waals surface area contributed by atoms with Gasteiger partial charge in [0.2, 0.25) is 5.91 Å². The fraction of sp³-hybridized carbons (Fsp3) is 0.750. The smallest absolute Gasteiger partial charge is 0.315 e. The molecule has 74 valence electrons. The van der Waals surface area contributed by atoms with E-state index in [1.165, 1.54) is 7.11 Å². The van der Waals surface area contributed by atoms with Gasteiger partial charge in [-0.1, -0.05) is 0 Å². The maximum absolute atomic E-state index is 11.3. The van der Waals surface area contributed by atoms with E-state index in [0.717, 1.165) is 6.42 Å². The molecular formula is C8H14N2O3. The molecule has 0 radical (unpaired) electrons. The average molecular weight is 186 g/mol. The molecule has 1 heterocycles. The van der Waals surface area contributed by atoms with Crippen LogP contribution in [0, 0.1) is 0 Å². The van der Waals surface area contributed by atoms with Gasteiger partial charge in [0.15, 0.2) is 0 Å². The molecule has 0 saturated carbocycles. The van der Waals surface area contributed by atoms with Gasteiger partial charge in [-0.25, -0.2) is 0 Å². The van der Waals surface area contributed by atoms with Crippen molar-refractivity contribution in [3.8, 4) is 0 Å². The molecule has 0 aromatic rings. The number of esters is 1. The van der Waals surface area contributed by atoms with Crippen molar-refractivity contribution in [3.63, 3.8) is 0 Å². The van der Waals surface area contributed by atoms with Crippen LogP contribution in [0.2, 0.25) is 0 Å². The van der Waals surface area contributed by atoms with E-state index in [4.69, 9.17) is 5.73 Å². The van der Waals surface area contributed by atoms with Gasteiger partial charge >= 0.3 is 5.97 Å². The Morgan fingerprint density at radius 1 is 1.62 bits per heavy atom. The minimum Gasteiger partial charge on any atom is -0.469 e. The summed E-state index contributed by atoms with van der Waals surface area (Å²) in [6.07, 6.45) is 0.635. The lowest BCUT2D eigenvalue weighted by molar-refractivity contribution is -0.146.